The number of hydrogen-bond acceptors (Lipinski definition) is 5. The molecule has 0 amide bonds. The highest BCUT2D eigenvalue weighted by atomic mass is 32.2. The summed E-state index contributed by atoms with van der Waals surface area (Å²) in [7, 11) is 1.70. The molecule has 1 unspecified atom stereocenters. The van der Waals surface area contributed by atoms with Crippen LogP contribution >= 0.6 is 23.1 Å². The lowest BCUT2D eigenvalue weighted by Crippen LogP contribution is -2.03. The van der Waals surface area contributed by atoms with Crippen LogP contribution in [0.5, 0.6) is 0 Å². The average Bonchev–Trinajstić information content (AvgIpc) is 3.24. The Morgan fingerprint density at radius 2 is 2.00 bits per heavy atom. The molecule has 0 saturated heterocycles. The first-order chi connectivity index (χ1) is 17.2. The molecule has 198 valence electrons. The molecule has 3 nitrogen and oxygen atoms in total. The number of thioether (sulfide) groups is 1. The number of alkyl halides is 1. The summed E-state index contributed by atoms with van der Waals surface area (Å²) in [5.41, 5.74) is 2.92. The minimum absolute atomic E-state index is 0.147. The first kappa shape index (κ1) is 31.8. The Hall–Kier alpha value is -2.18. The molecule has 1 atom stereocenters. The summed E-state index contributed by atoms with van der Waals surface area (Å²) in [4.78, 5) is 20.0. The molecule has 2 rings (SSSR count). The van der Waals surface area contributed by atoms with E-state index in [0.29, 0.717) is 25.2 Å². The van der Waals surface area contributed by atoms with Crippen molar-refractivity contribution in [1.29, 1.82) is 0 Å². The zero-order chi connectivity index (χ0) is 27.1. The molecule has 0 spiro atoms. The number of allylic oxidation sites excluding steroid dienone is 4. The highest BCUT2D eigenvalue weighted by Gasteiger charge is 2.16. The van der Waals surface area contributed by atoms with Crippen molar-refractivity contribution in [2.24, 2.45) is 0 Å². The zero-order valence-corrected chi connectivity index (χ0v) is 24.5. The summed E-state index contributed by atoms with van der Waals surface area (Å²) in [6, 6.07) is 5.96. The van der Waals surface area contributed by atoms with Crippen LogP contribution in [0.15, 0.2) is 59.7 Å². The molecule has 0 fully saturated rings. The standard InChI is InChI=1S/C27H36FNO2S2.C3H6/c1-7-9-22(31-6)17-32-24-14-12-21(16-19(24)4)23(30)13-15-25-27(18(2)3)29-26(33-25)11-8-10-20(5)28;1-3-2/h8-10,12,14,16,18,20H,7,11,13,15,17H2,1-6H3;3H,1H2,2H3/b10-8-,22-9+;. The lowest BCUT2D eigenvalue weighted by molar-refractivity contribution is 0.0983. The van der Waals surface area contributed by atoms with E-state index >= 15 is 0 Å². The number of carbonyl (C=O) groups is 1. The van der Waals surface area contributed by atoms with Crippen LogP contribution < -0.4 is 0 Å². The molecular formula is C30H42FNO2S2. The number of aryl methyl sites for hydroxylation is 2. The van der Waals surface area contributed by atoms with Gasteiger partial charge in [0, 0.05) is 28.2 Å². The predicted molar refractivity (Wildman–Crippen MR) is 155 cm³/mol. The maximum atomic E-state index is 13.0. The van der Waals surface area contributed by atoms with Gasteiger partial charge in [0.15, 0.2) is 5.78 Å². The molecular weight excluding hydrogens is 489 g/mol. The van der Waals surface area contributed by atoms with Crippen LogP contribution in [0.3, 0.4) is 0 Å². The van der Waals surface area contributed by atoms with E-state index in [2.05, 4.69) is 33.4 Å². The second kappa shape index (κ2) is 17.3. The third-order valence-electron chi connectivity index (χ3n) is 5.15. The second-order valence-electron chi connectivity index (χ2n) is 8.76. The Morgan fingerprint density at radius 3 is 2.56 bits per heavy atom. The molecule has 36 heavy (non-hydrogen) atoms. The van der Waals surface area contributed by atoms with Crippen molar-refractivity contribution < 1.29 is 13.9 Å². The van der Waals surface area contributed by atoms with E-state index in [1.54, 1.807) is 42.4 Å². The van der Waals surface area contributed by atoms with Gasteiger partial charge in [-0.05, 0) is 63.3 Å². The van der Waals surface area contributed by atoms with Gasteiger partial charge in [0.2, 0.25) is 0 Å². The fourth-order valence-corrected chi connectivity index (χ4v) is 5.60. The molecule has 0 aliphatic rings. The topological polar surface area (TPSA) is 39.2 Å². The lowest BCUT2D eigenvalue weighted by atomic mass is 10.0. The Kier molecular flexibility index (Phi) is 15.3. The highest BCUT2D eigenvalue weighted by molar-refractivity contribution is 7.99. The van der Waals surface area contributed by atoms with E-state index in [1.807, 2.05) is 38.1 Å². The number of Topliss-reactive ketones (excluding diaryl/α,β-unsaturated/α-hetero) is 1. The van der Waals surface area contributed by atoms with Crippen LogP contribution in [-0.4, -0.2) is 29.8 Å². The third-order valence-corrected chi connectivity index (χ3v) is 7.50. The molecule has 1 heterocycles. The summed E-state index contributed by atoms with van der Waals surface area (Å²) in [5.74, 6) is 2.20. The summed E-state index contributed by atoms with van der Waals surface area (Å²) in [6.07, 6.45) is 8.99. The molecule has 0 N–H and O–H groups in total. The number of halogens is 1. The highest BCUT2D eigenvalue weighted by Crippen LogP contribution is 2.29. The van der Waals surface area contributed by atoms with E-state index in [9.17, 15) is 9.18 Å². The van der Waals surface area contributed by atoms with Crippen LogP contribution in [0.25, 0.3) is 0 Å². The number of ketones is 1. The predicted octanol–water partition coefficient (Wildman–Crippen LogP) is 9.07. The van der Waals surface area contributed by atoms with Gasteiger partial charge in [0.25, 0.3) is 0 Å². The van der Waals surface area contributed by atoms with Crippen LogP contribution in [0.2, 0.25) is 0 Å². The van der Waals surface area contributed by atoms with E-state index in [-0.39, 0.29) is 5.78 Å². The van der Waals surface area contributed by atoms with E-state index in [1.165, 1.54) is 6.92 Å². The number of carbonyl (C=O) groups excluding carboxylic acids is 1. The van der Waals surface area contributed by atoms with Gasteiger partial charge in [-0.3, -0.25) is 4.79 Å². The number of thiazole rings is 1. The van der Waals surface area contributed by atoms with Crippen molar-refractivity contribution >= 4 is 28.9 Å². The van der Waals surface area contributed by atoms with Crippen molar-refractivity contribution in [1.82, 2.24) is 4.98 Å². The maximum Gasteiger partial charge on any atom is 0.163 e. The number of hydrogen-bond donors (Lipinski definition) is 0. The fraction of sp³-hybridized carbons (Fsp3) is 0.467. The first-order valence-electron chi connectivity index (χ1n) is 12.5. The van der Waals surface area contributed by atoms with Gasteiger partial charge in [0.1, 0.15) is 11.9 Å². The molecule has 0 aliphatic heterocycles. The van der Waals surface area contributed by atoms with Crippen molar-refractivity contribution in [3.8, 4) is 0 Å². The number of aromatic nitrogens is 1. The van der Waals surface area contributed by atoms with Gasteiger partial charge >= 0.3 is 0 Å². The zero-order valence-electron chi connectivity index (χ0n) is 22.9. The van der Waals surface area contributed by atoms with Gasteiger partial charge < -0.3 is 4.74 Å². The number of nitrogens with zero attached hydrogens (tertiary/aromatic N) is 1. The number of benzene rings is 1. The Balaban J connectivity index is 0.00000205. The first-order valence-corrected chi connectivity index (χ1v) is 14.3. The van der Waals surface area contributed by atoms with E-state index < -0.39 is 6.17 Å². The van der Waals surface area contributed by atoms with Crippen molar-refractivity contribution in [2.45, 2.75) is 84.2 Å². The summed E-state index contributed by atoms with van der Waals surface area (Å²) >= 11 is 3.37. The number of methoxy groups -OCH3 is 1. The van der Waals surface area contributed by atoms with Crippen LogP contribution in [0.1, 0.15) is 84.9 Å². The summed E-state index contributed by atoms with van der Waals surface area (Å²) in [6.45, 7) is 15.1. The molecule has 1 aromatic carbocycles. The van der Waals surface area contributed by atoms with Gasteiger partial charge in [0.05, 0.1) is 23.6 Å². The van der Waals surface area contributed by atoms with Gasteiger partial charge in [-0.15, -0.1) is 29.7 Å². The van der Waals surface area contributed by atoms with E-state index in [0.717, 1.165) is 49.5 Å². The smallest absolute Gasteiger partial charge is 0.163 e. The second-order valence-corrected chi connectivity index (χ2v) is 10.9. The molecule has 6 heteroatoms. The molecule has 0 bridgehead atoms. The van der Waals surface area contributed by atoms with E-state index in [4.69, 9.17) is 9.72 Å². The molecule has 1 aromatic heterocycles. The van der Waals surface area contributed by atoms with Crippen LogP contribution in [-0.2, 0) is 17.6 Å². The minimum atomic E-state index is -0.949. The van der Waals surface area contributed by atoms with Crippen LogP contribution in [0, 0.1) is 6.92 Å². The number of ether oxygens (including phenoxy) is 1. The maximum absolute atomic E-state index is 13.0. The molecule has 2 aromatic rings. The van der Waals surface area contributed by atoms with Gasteiger partial charge in [-0.25, -0.2) is 9.37 Å². The minimum Gasteiger partial charge on any atom is -0.501 e. The van der Waals surface area contributed by atoms with Crippen LogP contribution in [0.4, 0.5) is 4.39 Å². The third kappa shape index (κ3) is 11.3. The Labute approximate surface area is 226 Å². The lowest BCUT2D eigenvalue weighted by Gasteiger charge is -2.10. The largest absolute Gasteiger partial charge is 0.501 e. The van der Waals surface area contributed by atoms with Crippen molar-refractivity contribution in [3.05, 3.63) is 81.5 Å². The van der Waals surface area contributed by atoms with Crippen molar-refractivity contribution in [2.75, 3.05) is 12.9 Å². The monoisotopic (exact) mass is 531 g/mol. The normalized spacial score (nSPS) is 12.4. The SMILES string of the molecule is C=CC.CC/C=C(\CSc1ccc(C(=O)CCc2sc(C/C=C\C(C)F)nc2C(C)C)cc1C)OC. The number of rotatable bonds is 13. The molecule has 0 radical (unpaired) electrons. The Morgan fingerprint density at radius 1 is 1.31 bits per heavy atom. The quantitative estimate of drug-likeness (QED) is 0.112. The molecule has 0 saturated carbocycles. The average molecular weight is 532 g/mol. The summed E-state index contributed by atoms with van der Waals surface area (Å²) < 4.78 is 18.4. The van der Waals surface area contributed by atoms with Crippen molar-refractivity contribution in [3.63, 3.8) is 0 Å². The Bertz CT molecular complexity index is 1020. The van der Waals surface area contributed by atoms with Gasteiger partial charge in [-0.1, -0.05) is 45.1 Å². The summed E-state index contributed by atoms with van der Waals surface area (Å²) in [5, 5.41) is 0.975. The molecule has 0 aliphatic carbocycles. The fourth-order valence-electron chi connectivity index (χ4n) is 3.42. The van der Waals surface area contributed by atoms with Gasteiger partial charge in [-0.2, -0.15) is 0 Å².